The van der Waals surface area contributed by atoms with Gasteiger partial charge in [0.05, 0.1) is 11.4 Å². The molecule has 1 N–H and O–H groups in total. The van der Waals surface area contributed by atoms with E-state index >= 15 is 0 Å². The highest BCUT2D eigenvalue weighted by Gasteiger charge is 2.29. The smallest absolute Gasteiger partial charge is 0.422 e. The molecule has 29 heavy (non-hydrogen) atoms. The topological polar surface area (TPSA) is 69.3 Å². The quantitative estimate of drug-likeness (QED) is 0.509. The molecule has 0 aliphatic rings. The summed E-state index contributed by atoms with van der Waals surface area (Å²) in [6.45, 7) is -1.49. The molecule has 3 aromatic rings. The number of benzene rings is 1. The molecule has 0 spiro atoms. The Labute approximate surface area is 173 Å². The summed E-state index contributed by atoms with van der Waals surface area (Å²) in [6, 6.07) is 7.03. The first-order valence-electron chi connectivity index (χ1n) is 8.20. The number of thioether (sulfide) groups is 1. The molecule has 0 bridgehead atoms. The van der Waals surface area contributed by atoms with Crippen LogP contribution >= 0.6 is 23.4 Å². The molecular weight excluding hydrogens is 431 g/mol. The predicted molar refractivity (Wildman–Crippen MR) is 102 cm³/mol. The van der Waals surface area contributed by atoms with Crippen molar-refractivity contribution in [3.63, 3.8) is 0 Å². The van der Waals surface area contributed by atoms with E-state index in [0.29, 0.717) is 11.5 Å². The van der Waals surface area contributed by atoms with Gasteiger partial charge in [-0.2, -0.15) is 13.2 Å². The molecular formula is C18H15ClF3N3O3S. The third kappa shape index (κ3) is 5.94. The van der Waals surface area contributed by atoms with Crippen molar-refractivity contribution in [3.8, 4) is 5.75 Å². The number of rotatable bonds is 7. The molecule has 0 atom stereocenters. The van der Waals surface area contributed by atoms with Gasteiger partial charge in [-0.15, -0.1) is 0 Å². The molecule has 0 radical (unpaired) electrons. The van der Waals surface area contributed by atoms with Crippen LogP contribution in [0.25, 0.3) is 0 Å². The maximum absolute atomic E-state index is 12.4. The molecule has 0 aliphatic heterocycles. The number of nitrogens with zero attached hydrogens (tertiary/aromatic N) is 2. The lowest BCUT2D eigenvalue weighted by Gasteiger charge is -2.13. The van der Waals surface area contributed by atoms with Crippen molar-refractivity contribution in [3.05, 3.63) is 59.3 Å². The van der Waals surface area contributed by atoms with Crippen LogP contribution in [0.1, 0.15) is 16.3 Å². The van der Waals surface area contributed by atoms with Crippen molar-refractivity contribution in [2.45, 2.75) is 17.1 Å². The van der Waals surface area contributed by atoms with Crippen LogP contribution in [0, 0.1) is 0 Å². The number of alkyl halides is 3. The van der Waals surface area contributed by atoms with Gasteiger partial charge >= 0.3 is 6.18 Å². The lowest BCUT2D eigenvalue weighted by atomic mass is 10.2. The second-order valence-corrected chi connectivity index (χ2v) is 7.25. The minimum atomic E-state index is -4.51. The number of aromatic nitrogens is 2. The fraction of sp³-hybridized carbons (Fsp3) is 0.222. The summed E-state index contributed by atoms with van der Waals surface area (Å²) >= 11 is 7.31. The van der Waals surface area contributed by atoms with Gasteiger partial charge < -0.3 is 19.0 Å². The SMILES string of the molecule is Cn1ccnc1SCc1ccc(C(=O)Nc2cc(Cl)ccc2OCC(F)(F)F)o1. The Morgan fingerprint density at radius 1 is 1.34 bits per heavy atom. The Balaban J connectivity index is 1.66. The molecule has 2 aromatic heterocycles. The third-order valence-electron chi connectivity index (χ3n) is 3.59. The standard InChI is InChI=1S/C18H15ClF3N3O3S/c1-25-7-6-23-17(25)29-9-12-3-5-15(28-12)16(26)24-13-8-11(19)2-4-14(13)27-10-18(20,21)22/h2-8H,9-10H2,1H3,(H,24,26). The lowest BCUT2D eigenvalue weighted by molar-refractivity contribution is -0.153. The summed E-state index contributed by atoms with van der Waals surface area (Å²) in [6.07, 6.45) is -1.03. The molecule has 1 amide bonds. The summed E-state index contributed by atoms with van der Waals surface area (Å²) in [4.78, 5) is 16.6. The van der Waals surface area contributed by atoms with Crippen molar-refractivity contribution >= 4 is 35.0 Å². The van der Waals surface area contributed by atoms with E-state index in [-0.39, 0.29) is 22.2 Å². The van der Waals surface area contributed by atoms with Gasteiger partial charge in [0.2, 0.25) is 0 Å². The van der Waals surface area contributed by atoms with Gasteiger partial charge in [0, 0.05) is 24.5 Å². The van der Waals surface area contributed by atoms with E-state index in [9.17, 15) is 18.0 Å². The van der Waals surface area contributed by atoms with Crippen molar-refractivity contribution < 1.29 is 27.1 Å². The fourth-order valence-corrected chi connectivity index (χ4v) is 3.27. The average Bonchev–Trinajstić information content (AvgIpc) is 3.27. The van der Waals surface area contributed by atoms with Crippen LogP contribution in [0.2, 0.25) is 5.02 Å². The van der Waals surface area contributed by atoms with Crippen LogP contribution in [-0.4, -0.2) is 28.2 Å². The number of halogens is 4. The number of nitrogens with one attached hydrogen (secondary N) is 1. The fourth-order valence-electron chi connectivity index (χ4n) is 2.27. The van der Waals surface area contributed by atoms with Crippen molar-refractivity contribution in [2.75, 3.05) is 11.9 Å². The number of carbonyl (C=O) groups excluding carboxylic acids is 1. The van der Waals surface area contributed by atoms with Gasteiger partial charge in [0.25, 0.3) is 5.91 Å². The molecule has 0 fully saturated rings. The van der Waals surface area contributed by atoms with Crippen LogP contribution < -0.4 is 10.1 Å². The van der Waals surface area contributed by atoms with E-state index in [1.54, 1.807) is 12.3 Å². The van der Waals surface area contributed by atoms with Gasteiger partial charge in [-0.05, 0) is 30.3 Å². The predicted octanol–water partition coefficient (Wildman–Crippen LogP) is 5.15. The number of amides is 1. The summed E-state index contributed by atoms with van der Waals surface area (Å²) in [7, 11) is 1.86. The first-order chi connectivity index (χ1) is 13.7. The summed E-state index contributed by atoms with van der Waals surface area (Å²) in [5.74, 6) is 0.203. The van der Waals surface area contributed by atoms with Crippen molar-refractivity contribution in [1.82, 2.24) is 9.55 Å². The Morgan fingerprint density at radius 2 is 2.14 bits per heavy atom. The van der Waals surface area contributed by atoms with E-state index in [1.165, 1.54) is 36.0 Å². The molecule has 0 aliphatic carbocycles. The number of carbonyl (C=O) groups is 1. The zero-order valence-electron chi connectivity index (χ0n) is 15.0. The van der Waals surface area contributed by atoms with Gasteiger partial charge in [0.1, 0.15) is 11.5 Å². The maximum atomic E-state index is 12.4. The summed E-state index contributed by atoms with van der Waals surface area (Å²) < 4.78 is 49.4. The second-order valence-electron chi connectivity index (χ2n) is 5.87. The van der Waals surface area contributed by atoms with Gasteiger partial charge in [-0.3, -0.25) is 4.79 Å². The molecule has 2 heterocycles. The molecule has 6 nitrogen and oxygen atoms in total. The highest BCUT2D eigenvalue weighted by atomic mass is 35.5. The van der Waals surface area contributed by atoms with Crippen LogP contribution in [0.5, 0.6) is 5.75 Å². The molecule has 3 rings (SSSR count). The van der Waals surface area contributed by atoms with Crippen LogP contribution in [-0.2, 0) is 12.8 Å². The van der Waals surface area contributed by atoms with E-state index < -0.39 is 18.7 Å². The van der Waals surface area contributed by atoms with E-state index in [0.717, 1.165) is 5.16 Å². The minimum Gasteiger partial charge on any atom is -0.482 e. The van der Waals surface area contributed by atoms with Crippen LogP contribution in [0.15, 0.2) is 52.3 Å². The van der Waals surface area contributed by atoms with Crippen LogP contribution in [0.3, 0.4) is 0 Å². The zero-order valence-corrected chi connectivity index (χ0v) is 16.6. The maximum Gasteiger partial charge on any atom is 0.422 e. The number of hydrogen-bond acceptors (Lipinski definition) is 5. The number of furan rings is 1. The van der Waals surface area contributed by atoms with Crippen molar-refractivity contribution in [2.24, 2.45) is 7.05 Å². The first-order valence-corrected chi connectivity index (χ1v) is 9.57. The molecule has 11 heteroatoms. The Hall–Kier alpha value is -2.59. The lowest BCUT2D eigenvalue weighted by Crippen LogP contribution is -2.20. The van der Waals surface area contributed by atoms with Gasteiger partial charge in [0.15, 0.2) is 17.5 Å². The van der Waals surface area contributed by atoms with E-state index in [4.69, 9.17) is 20.8 Å². The molecule has 154 valence electrons. The molecule has 0 saturated heterocycles. The zero-order chi connectivity index (χ0) is 21.0. The Bertz CT molecular complexity index is 1000. The normalized spacial score (nSPS) is 11.5. The van der Waals surface area contributed by atoms with E-state index in [1.807, 2.05) is 17.8 Å². The Morgan fingerprint density at radius 3 is 2.83 bits per heavy atom. The molecule has 0 unspecified atom stereocenters. The largest absolute Gasteiger partial charge is 0.482 e. The Kier molecular flexibility index (Phi) is 6.43. The van der Waals surface area contributed by atoms with Crippen LogP contribution in [0.4, 0.5) is 18.9 Å². The monoisotopic (exact) mass is 445 g/mol. The number of imidazole rings is 1. The second kappa shape index (κ2) is 8.83. The molecule has 0 saturated carbocycles. The highest BCUT2D eigenvalue weighted by molar-refractivity contribution is 7.98. The number of ether oxygens (including phenoxy) is 1. The number of aryl methyl sites for hydroxylation is 1. The number of hydrogen-bond donors (Lipinski definition) is 1. The molecule has 1 aromatic carbocycles. The first kappa shape index (κ1) is 21.1. The summed E-state index contributed by atoms with van der Waals surface area (Å²) in [5, 5.41) is 3.48. The number of anilines is 1. The highest BCUT2D eigenvalue weighted by Crippen LogP contribution is 2.30. The minimum absolute atomic E-state index is 0.00203. The van der Waals surface area contributed by atoms with E-state index in [2.05, 4.69) is 10.3 Å². The third-order valence-corrected chi connectivity index (χ3v) is 4.90. The van der Waals surface area contributed by atoms with Gasteiger partial charge in [-0.1, -0.05) is 23.4 Å². The summed E-state index contributed by atoms with van der Waals surface area (Å²) in [5.41, 5.74) is 0.00656. The van der Waals surface area contributed by atoms with Gasteiger partial charge in [-0.25, -0.2) is 4.98 Å². The average molecular weight is 446 g/mol. The van der Waals surface area contributed by atoms with Crippen molar-refractivity contribution in [1.29, 1.82) is 0 Å².